The van der Waals surface area contributed by atoms with Crippen LogP contribution in [0.25, 0.3) is 0 Å². The van der Waals surface area contributed by atoms with Gasteiger partial charge in [0.05, 0.1) is 0 Å². The Balaban J connectivity index is 2.33. The fourth-order valence-electron chi connectivity index (χ4n) is 1.62. The molecule has 94 valence electrons. The number of benzene rings is 1. The topological polar surface area (TPSA) is 42.2 Å². The molecule has 0 atom stereocenters. The number of halogens is 3. The first-order chi connectivity index (χ1) is 8.47. The number of aromatic carboxylic acids is 1. The smallest absolute Gasteiger partial charge is 0.352 e. The molecular formula is C12H8BrF2NO2. The Morgan fingerprint density at radius 3 is 2.61 bits per heavy atom. The minimum absolute atomic E-state index is 0.0756. The van der Waals surface area contributed by atoms with Crippen molar-refractivity contribution in [1.82, 2.24) is 4.57 Å². The molecule has 1 N–H and O–H groups in total. The molecule has 0 spiro atoms. The minimum Gasteiger partial charge on any atom is -0.477 e. The normalized spacial score (nSPS) is 10.6. The maximum absolute atomic E-state index is 13.0. The Hall–Kier alpha value is -1.69. The lowest BCUT2D eigenvalue weighted by molar-refractivity contribution is 0.0685. The van der Waals surface area contributed by atoms with Crippen LogP contribution in [0, 0.1) is 11.6 Å². The summed E-state index contributed by atoms with van der Waals surface area (Å²) >= 11 is 3.17. The van der Waals surface area contributed by atoms with Crippen molar-refractivity contribution < 1.29 is 18.7 Å². The van der Waals surface area contributed by atoms with Crippen molar-refractivity contribution in [3.05, 3.63) is 57.8 Å². The van der Waals surface area contributed by atoms with E-state index in [2.05, 4.69) is 15.9 Å². The Bertz CT molecular complexity index is 610. The molecule has 0 fully saturated rings. The molecule has 0 unspecified atom stereocenters. The molecule has 2 aromatic rings. The zero-order chi connectivity index (χ0) is 13.3. The summed E-state index contributed by atoms with van der Waals surface area (Å²) in [6.45, 7) is 0.157. The van der Waals surface area contributed by atoms with E-state index in [4.69, 9.17) is 5.11 Å². The first kappa shape index (κ1) is 12.8. The lowest BCUT2D eigenvalue weighted by Crippen LogP contribution is -2.08. The van der Waals surface area contributed by atoms with Gasteiger partial charge in [0.25, 0.3) is 0 Å². The van der Waals surface area contributed by atoms with Crippen LogP contribution < -0.4 is 0 Å². The molecule has 0 saturated heterocycles. The van der Waals surface area contributed by atoms with E-state index in [0.717, 1.165) is 12.1 Å². The first-order valence-corrected chi connectivity index (χ1v) is 5.79. The van der Waals surface area contributed by atoms with Crippen molar-refractivity contribution in [2.45, 2.75) is 6.54 Å². The number of aromatic nitrogens is 1. The lowest BCUT2D eigenvalue weighted by atomic mass is 10.2. The summed E-state index contributed by atoms with van der Waals surface area (Å²) in [7, 11) is 0. The van der Waals surface area contributed by atoms with Gasteiger partial charge in [-0.15, -0.1) is 0 Å². The van der Waals surface area contributed by atoms with E-state index >= 15 is 0 Å². The second-order valence-electron chi connectivity index (χ2n) is 3.73. The highest BCUT2D eigenvalue weighted by Gasteiger charge is 2.12. The number of rotatable bonds is 3. The number of hydrogen-bond donors (Lipinski definition) is 1. The van der Waals surface area contributed by atoms with Gasteiger partial charge in [-0.2, -0.15) is 0 Å². The summed E-state index contributed by atoms with van der Waals surface area (Å²) in [5, 5.41) is 8.98. The van der Waals surface area contributed by atoms with E-state index in [1.54, 1.807) is 6.20 Å². The summed E-state index contributed by atoms with van der Waals surface area (Å²) in [5.74, 6) is -2.95. The van der Waals surface area contributed by atoms with Crippen LogP contribution in [-0.4, -0.2) is 15.6 Å². The van der Waals surface area contributed by atoms with Gasteiger partial charge in [-0.05, 0) is 39.7 Å². The van der Waals surface area contributed by atoms with Gasteiger partial charge in [0.2, 0.25) is 0 Å². The zero-order valence-corrected chi connectivity index (χ0v) is 10.6. The van der Waals surface area contributed by atoms with E-state index in [9.17, 15) is 13.6 Å². The van der Waals surface area contributed by atoms with Crippen LogP contribution in [0.5, 0.6) is 0 Å². The quantitative estimate of drug-likeness (QED) is 0.944. The zero-order valence-electron chi connectivity index (χ0n) is 9.03. The van der Waals surface area contributed by atoms with Gasteiger partial charge in [-0.25, -0.2) is 13.6 Å². The van der Waals surface area contributed by atoms with Crippen molar-refractivity contribution in [3.63, 3.8) is 0 Å². The molecule has 0 aliphatic carbocycles. The number of carboxylic acids is 1. The summed E-state index contributed by atoms with van der Waals surface area (Å²) < 4.78 is 27.9. The van der Waals surface area contributed by atoms with Crippen LogP contribution in [-0.2, 0) is 6.54 Å². The van der Waals surface area contributed by atoms with Gasteiger partial charge in [0, 0.05) is 17.2 Å². The number of carboxylic acid groups (broad SMARTS) is 1. The lowest BCUT2D eigenvalue weighted by Gasteiger charge is -2.06. The third kappa shape index (κ3) is 2.59. The summed E-state index contributed by atoms with van der Waals surface area (Å²) in [5.41, 5.74) is 0.561. The van der Waals surface area contributed by atoms with E-state index in [1.165, 1.54) is 16.7 Å². The molecule has 2 rings (SSSR count). The molecule has 3 nitrogen and oxygen atoms in total. The maximum atomic E-state index is 13.0. The van der Waals surface area contributed by atoms with Gasteiger partial charge in [0.1, 0.15) is 5.69 Å². The maximum Gasteiger partial charge on any atom is 0.352 e. The third-order valence-corrected chi connectivity index (χ3v) is 2.85. The standard InChI is InChI=1S/C12H8BrF2NO2/c13-8-4-11(12(17)18)16(6-8)5-7-1-2-9(14)10(15)3-7/h1-4,6H,5H2,(H,17,18). The van der Waals surface area contributed by atoms with Gasteiger partial charge < -0.3 is 9.67 Å². The third-order valence-electron chi connectivity index (χ3n) is 2.42. The predicted molar refractivity (Wildman–Crippen MR) is 64.6 cm³/mol. The molecule has 0 saturated carbocycles. The molecule has 1 aromatic carbocycles. The van der Waals surface area contributed by atoms with Crippen LogP contribution in [0.15, 0.2) is 34.9 Å². The van der Waals surface area contributed by atoms with E-state index in [-0.39, 0.29) is 12.2 Å². The van der Waals surface area contributed by atoms with Gasteiger partial charge in [-0.1, -0.05) is 6.07 Å². The fraction of sp³-hybridized carbons (Fsp3) is 0.0833. The Morgan fingerprint density at radius 2 is 2.00 bits per heavy atom. The Morgan fingerprint density at radius 1 is 1.28 bits per heavy atom. The summed E-state index contributed by atoms with van der Waals surface area (Å²) in [6.07, 6.45) is 1.57. The van der Waals surface area contributed by atoms with E-state index in [1.807, 2.05) is 0 Å². The predicted octanol–water partition coefficient (Wildman–Crippen LogP) is 3.28. The monoisotopic (exact) mass is 315 g/mol. The average molecular weight is 316 g/mol. The van der Waals surface area contributed by atoms with Crippen molar-refractivity contribution in [2.24, 2.45) is 0 Å². The van der Waals surface area contributed by atoms with Crippen LogP contribution in [0.4, 0.5) is 8.78 Å². The van der Waals surface area contributed by atoms with Crippen molar-refractivity contribution in [2.75, 3.05) is 0 Å². The molecule has 6 heteroatoms. The molecule has 0 aliphatic heterocycles. The molecule has 0 aliphatic rings. The van der Waals surface area contributed by atoms with Gasteiger partial charge >= 0.3 is 5.97 Å². The average Bonchev–Trinajstić information content (AvgIpc) is 2.65. The first-order valence-electron chi connectivity index (χ1n) is 5.00. The van der Waals surface area contributed by atoms with Gasteiger partial charge in [0.15, 0.2) is 11.6 Å². The SMILES string of the molecule is O=C(O)c1cc(Br)cn1Cc1ccc(F)c(F)c1. The van der Waals surface area contributed by atoms with Gasteiger partial charge in [-0.3, -0.25) is 0 Å². The molecule has 1 heterocycles. The highest BCUT2D eigenvalue weighted by atomic mass is 79.9. The van der Waals surface area contributed by atoms with Crippen LogP contribution in [0.1, 0.15) is 16.1 Å². The molecular weight excluding hydrogens is 308 g/mol. The number of nitrogens with zero attached hydrogens (tertiary/aromatic N) is 1. The highest BCUT2D eigenvalue weighted by Crippen LogP contribution is 2.17. The fourth-order valence-corrected chi connectivity index (χ4v) is 2.08. The number of hydrogen-bond acceptors (Lipinski definition) is 1. The molecule has 18 heavy (non-hydrogen) atoms. The summed E-state index contributed by atoms with van der Waals surface area (Å²) in [4.78, 5) is 11.0. The van der Waals surface area contributed by atoms with E-state index < -0.39 is 17.6 Å². The van der Waals surface area contributed by atoms with Crippen molar-refractivity contribution in [1.29, 1.82) is 0 Å². The Labute approximate surface area is 110 Å². The van der Waals surface area contributed by atoms with Crippen molar-refractivity contribution >= 4 is 21.9 Å². The van der Waals surface area contributed by atoms with Crippen LogP contribution in [0.2, 0.25) is 0 Å². The molecule has 0 bridgehead atoms. The molecule has 1 aromatic heterocycles. The second-order valence-corrected chi connectivity index (χ2v) is 4.64. The van der Waals surface area contributed by atoms with Crippen LogP contribution in [0.3, 0.4) is 0 Å². The second kappa shape index (κ2) is 4.89. The molecule has 0 amide bonds. The van der Waals surface area contributed by atoms with Crippen LogP contribution >= 0.6 is 15.9 Å². The largest absolute Gasteiger partial charge is 0.477 e. The number of carbonyl (C=O) groups is 1. The van der Waals surface area contributed by atoms with Crippen molar-refractivity contribution in [3.8, 4) is 0 Å². The van der Waals surface area contributed by atoms with E-state index in [0.29, 0.717) is 10.0 Å². The minimum atomic E-state index is -1.08. The molecule has 0 radical (unpaired) electrons. The highest BCUT2D eigenvalue weighted by molar-refractivity contribution is 9.10. The summed E-state index contributed by atoms with van der Waals surface area (Å²) in [6, 6.07) is 4.93. The Kier molecular flexibility index (Phi) is 3.47.